The Morgan fingerprint density at radius 3 is 2.19 bits per heavy atom. The molecule has 0 aromatic heterocycles. The van der Waals surface area contributed by atoms with Crippen molar-refractivity contribution in [2.45, 2.75) is 0 Å². The first-order valence-electron chi connectivity index (χ1n) is 5.10. The van der Waals surface area contributed by atoms with Crippen LogP contribution in [0.25, 0.3) is 0 Å². The zero-order valence-electron chi connectivity index (χ0n) is 8.98. The van der Waals surface area contributed by atoms with E-state index in [0.29, 0.717) is 11.1 Å². The maximum atomic E-state index is 10.1. The van der Waals surface area contributed by atoms with Gasteiger partial charge in [-0.05, 0) is 12.1 Å². The summed E-state index contributed by atoms with van der Waals surface area (Å²) in [5, 5.41) is 11.5. The lowest BCUT2D eigenvalue weighted by atomic mass is 10.2. The molecule has 84 valence electrons. The number of aldehydes is 1. The standard InChI is InChI=1S/C8H5NO.C4H9NO/c9-5-7-1-3-8(6-10)4-2-7;1-3-6-4-2-5-1/h1-4,6H;5H,1-4H2. The second-order valence-electron chi connectivity index (χ2n) is 3.21. The second-order valence-corrected chi connectivity index (χ2v) is 3.21. The molecule has 1 aliphatic heterocycles. The molecule has 1 N–H and O–H groups in total. The summed E-state index contributed by atoms with van der Waals surface area (Å²) in [5.41, 5.74) is 1.17. The minimum absolute atomic E-state index is 0.575. The third kappa shape index (κ3) is 4.69. The lowest BCUT2D eigenvalue weighted by Gasteiger charge is -2.10. The van der Waals surface area contributed by atoms with Crippen molar-refractivity contribution in [1.82, 2.24) is 5.32 Å². The number of carbonyl (C=O) groups excluding carboxylic acids is 1. The fraction of sp³-hybridized carbons (Fsp3) is 0.333. The maximum Gasteiger partial charge on any atom is 0.150 e. The molecule has 1 heterocycles. The van der Waals surface area contributed by atoms with Crippen LogP contribution in [0, 0.1) is 11.3 Å². The van der Waals surface area contributed by atoms with Crippen molar-refractivity contribution >= 4 is 6.29 Å². The van der Waals surface area contributed by atoms with Crippen molar-refractivity contribution < 1.29 is 9.53 Å². The van der Waals surface area contributed by atoms with Crippen molar-refractivity contribution in [3.05, 3.63) is 35.4 Å². The molecule has 16 heavy (non-hydrogen) atoms. The number of morpholine rings is 1. The van der Waals surface area contributed by atoms with Gasteiger partial charge in [0, 0.05) is 18.7 Å². The van der Waals surface area contributed by atoms with E-state index < -0.39 is 0 Å². The number of nitriles is 1. The summed E-state index contributed by atoms with van der Waals surface area (Å²) >= 11 is 0. The van der Waals surface area contributed by atoms with Gasteiger partial charge in [0.1, 0.15) is 6.29 Å². The maximum absolute atomic E-state index is 10.1. The molecule has 0 radical (unpaired) electrons. The molecule has 0 saturated carbocycles. The number of hydrogen-bond donors (Lipinski definition) is 1. The topological polar surface area (TPSA) is 62.1 Å². The van der Waals surface area contributed by atoms with E-state index in [4.69, 9.17) is 10.00 Å². The summed E-state index contributed by atoms with van der Waals surface area (Å²) in [6, 6.07) is 8.43. The molecule has 2 rings (SSSR count). The van der Waals surface area contributed by atoms with Crippen LogP contribution in [0.1, 0.15) is 15.9 Å². The number of nitrogens with one attached hydrogen (secondary N) is 1. The molecule has 0 aliphatic carbocycles. The van der Waals surface area contributed by atoms with Gasteiger partial charge in [-0.3, -0.25) is 4.79 Å². The van der Waals surface area contributed by atoms with Gasteiger partial charge in [0.2, 0.25) is 0 Å². The Hall–Kier alpha value is -1.70. The largest absolute Gasteiger partial charge is 0.379 e. The fourth-order valence-corrected chi connectivity index (χ4v) is 1.15. The first kappa shape index (κ1) is 12.4. The first-order chi connectivity index (χ1) is 7.86. The van der Waals surface area contributed by atoms with Crippen molar-refractivity contribution in [3.8, 4) is 6.07 Å². The van der Waals surface area contributed by atoms with Crippen molar-refractivity contribution in [2.24, 2.45) is 0 Å². The van der Waals surface area contributed by atoms with Crippen LogP contribution >= 0.6 is 0 Å². The van der Waals surface area contributed by atoms with E-state index in [9.17, 15) is 4.79 Å². The van der Waals surface area contributed by atoms with Crippen molar-refractivity contribution in [1.29, 1.82) is 5.26 Å². The Balaban J connectivity index is 0.000000181. The van der Waals surface area contributed by atoms with Crippen molar-refractivity contribution in [3.63, 3.8) is 0 Å². The molecule has 0 amide bonds. The van der Waals surface area contributed by atoms with E-state index in [1.165, 1.54) is 0 Å². The third-order valence-electron chi connectivity index (χ3n) is 2.02. The average Bonchev–Trinajstić information content (AvgIpc) is 2.41. The van der Waals surface area contributed by atoms with E-state index in [1.807, 2.05) is 6.07 Å². The summed E-state index contributed by atoms with van der Waals surface area (Å²) in [4.78, 5) is 10.1. The third-order valence-corrected chi connectivity index (χ3v) is 2.02. The number of hydrogen-bond acceptors (Lipinski definition) is 4. The summed E-state index contributed by atoms with van der Waals surface area (Å²) < 4.78 is 5.01. The second kappa shape index (κ2) is 7.57. The van der Waals surface area contributed by atoms with Gasteiger partial charge >= 0.3 is 0 Å². The molecular weight excluding hydrogens is 204 g/mol. The highest BCUT2D eigenvalue weighted by Gasteiger charge is 1.93. The highest BCUT2D eigenvalue weighted by Crippen LogP contribution is 1.99. The van der Waals surface area contributed by atoms with Crippen LogP contribution < -0.4 is 5.32 Å². The Bertz CT molecular complexity index is 339. The van der Waals surface area contributed by atoms with Crippen molar-refractivity contribution in [2.75, 3.05) is 26.3 Å². The predicted molar refractivity (Wildman–Crippen MR) is 60.2 cm³/mol. The molecule has 1 aromatic rings. The number of ether oxygens (including phenoxy) is 1. The summed E-state index contributed by atoms with van der Waals surface area (Å²) in [5.74, 6) is 0. The van der Waals surface area contributed by atoms with E-state index in [0.717, 1.165) is 32.6 Å². The van der Waals surface area contributed by atoms with E-state index in [1.54, 1.807) is 24.3 Å². The van der Waals surface area contributed by atoms with Gasteiger partial charge in [0.25, 0.3) is 0 Å². The van der Waals surface area contributed by atoms with Crippen LogP contribution in [0.3, 0.4) is 0 Å². The lowest BCUT2D eigenvalue weighted by molar-refractivity contribution is 0.109. The van der Waals surface area contributed by atoms with Crippen LogP contribution in [-0.2, 0) is 4.74 Å². The lowest BCUT2D eigenvalue weighted by Crippen LogP contribution is -2.30. The van der Waals surface area contributed by atoms with Gasteiger partial charge in [0.05, 0.1) is 24.8 Å². The monoisotopic (exact) mass is 218 g/mol. The van der Waals surface area contributed by atoms with Gasteiger partial charge in [0.15, 0.2) is 0 Å². The predicted octanol–water partition coefficient (Wildman–Crippen LogP) is 0.977. The Morgan fingerprint density at radius 2 is 1.88 bits per heavy atom. The molecular formula is C12H14N2O2. The van der Waals surface area contributed by atoms with E-state index in [2.05, 4.69) is 5.32 Å². The molecule has 0 atom stereocenters. The molecule has 1 fully saturated rings. The molecule has 1 aliphatic rings. The Kier molecular flexibility index (Phi) is 5.86. The van der Waals surface area contributed by atoms with Gasteiger partial charge in [-0.1, -0.05) is 12.1 Å². The Labute approximate surface area is 94.8 Å². The Morgan fingerprint density at radius 1 is 1.25 bits per heavy atom. The van der Waals surface area contributed by atoms with Gasteiger partial charge in [-0.25, -0.2) is 0 Å². The zero-order valence-corrected chi connectivity index (χ0v) is 8.98. The molecule has 0 unspecified atom stereocenters. The number of rotatable bonds is 1. The van der Waals surface area contributed by atoms with Crippen LogP contribution in [0.2, 0.25) is 0 Å². The molecule has 0 spiro atoms. The highest BCUT2D eigenvalue weighted by molar-refractivity contribution is 5.74. The summed E-state index contributed by atoms with van der Waals surface area (Å²) in [7, 11) is 0. The quantitative estimate of drug-likeness (QED) is 0.714. The summed E-state index contributed by atoms with van der Waals surface area (Å²) in [6.45, 7) is 3.83. The van der Waals surface area contributed by atoms with Gasteiger partial charge < -0.3 is 10.1 Å². The summed E-state index contributed by atoms with van der Waals surface area (Å²) in [6.07, 6.45) is 0.751. The number of carbonyl (C=O) groups is 1. The molecule has 4 nitrogen and oxygen atoms in total. The number of nitrogens with zero attached hydrogens (tertiary/aromatic N) is 1. The average molecular weight is 218 g/mol. The highest BCUT2D eigenvalue weighted by atomic mass is 16.5. The minimum Gasteiger partial charge on any atom is -0.379 e. The molecule has 4 heteroatoms. The van der Waals surface area contributed by atoms with Gasteiger partial charge in [-0.2, -0.15) is 5.26 Å². The van der Waals surface area contributed by atoms with Crippen LogP contribution in [0.15, 0.2) is 24.3 Å². The molecule has 1 aromatic carbocycles. The smallest absolute Gasteiger partial charge is 0.150 e. The SMILES string of the molecule is C1COCCN1.N#Cc1ccc(C=O)cc1. The normalized spacial score (nSPS) is 14.2. The molecule has 1 saturated heterocycles. The number of benzene rings is 1. The van der Waals surface area contributed by atoms with Crippen LogP contribution in [-0.4, -0.2) is 32.6 Å². The zero-order chi connectivity index (χ0) is 11.6. The van der Waals surface area contributed by atoms with Crippen LogP contribution in [0.5, 0.6) is 0 Å². The first-order valence-corrected chi connectivity index (χ1v) is 5.10. The van der Waals surface area contributed by atoms with E-state index in [-0.39, 0.29) is 0 Å². The fourth-order valence-electron chi connectivity index (χ4n) is 1.15. The van der Waals surface area contributed by atoms with E-state index >= 15 is 0 Å². The van der Waals surface area contributed by atoms with Gasteiger partial charge in [-0.15, -0.1) is 0 Å². The molecule has 0 bridgehead atoms. The van der Waals surface area contributed by atoms with Crippen LogP contribution in [0.4, 0.5) is 0 Å². The minimum atomic E-state index is 0.575.